The molecule has 0 amide bonds. The first-order valence-corrected chi connectivity index (χ1v) is 5.95. The van der Waals surface area contributed by atoms with Gasteiger partial charge in [-0.25, -0.2) is 0 Å². The molecule has 1 rings (SSSR count). The van der Waals surface area contributed by atoms with Crippen LogP contribution in [0.15, 0.2) is 29.4 Å². The maximum absolute atomic E-state index is 4.90. The van der Waals surface area contributed by atoms with Crippen LogP contribution in [0.4, 0.5) is 0 Å². The van der Waals surface area contributed by atoms with Crippen molar-refractivity contribution in [2.24, 2.45) is 5.10 Å². The average Bonchev–Trinajstić information content (AvgIpc) is 2.28. The average molecular weight is 249 g/mol. The molecule has 0 fully saturated rings. The number of rotatable bonds is 2. The molecule has 3 nitrogen and oxygen atoms in total. The largest absolute Gasteiger partial charge is 0.364 e. The number of nitrogens with zero attached hydrogens (tertiary/aromatic N) is 1. The number of benzene rings is 1. The highest BCUT2D eigenvalue weighted by molar-refractivity contribution is 7.80. The minimum atomic E-state index is 0.182. The van der Waals surface area contributed by atoms with Gasteiger partial charge in [0.2, 0.25) is 0 Å². The second kappa shape index (κ2) is 5.77. The van der Waals surface area contributed by atoms with Crippen molar-refractivity contribution < 1.29 is 0 Å². The van der Waals surface area contributed by atoms with Crippen molar-refractivity contribution in [2.45, 2.75) is 26.2 Å². The SMILES string of the molecule is CNC(=S)NN=Cc1ccc(C(C)(C)C)cc1. The van der Waals surface area contributed by atoms with E-state index < -0.39 is 0 Å². The molecule has 0 aliphatic heterocycles. The fourth-order valence-electron chi connectivity index (χ4n) is 1.29. The Morgan fingerprint density at radius 2 is 1.82 bits per heavy atom. The normalized spacial score (nSPS) is 11.5. The van der Waals surface area contributed by atoms with E-state index >= 15 is 0 Å². The summed E-state index contributed by atoms with van der Waals surface area (Å²) in [6, 6.07) is 8.35. The molecule has 92 valence electrons. The second-order valence-electron chi connectivity index (χ2n) is 4.82. The third-order valence-electron chi connectivity index (χ3n) is 2.38. The number of hydrazone groups is 1. The van der Waals surface area contributed by atoms with Gasteiger partial charge >= 0.3 is 0 Å². The van der Waals surface area contributed by atoms with Crippen molar-refractivity contribution in [1.29, 1.82) is 0 Å². The topological polar surface area (TPSA) is 36.4 Å². The Balaban J connectivity index is 2.66. The van der Waals surface area contributed by atoms with Crippen molar-refractivity contribution >= 4 is 23.5 Å². The Bertz CT molecular complexity index is 402. The Kier molecular flexibility index (Phi) is 4.63. The molecule has 17 heavy (non-hydrogen) atoms. The Morgan fingerprint density at radius 1 is 1.24 bits per heavy atom. The van der Waals surface area contributed by atoms with E-state index in [1.807, 2.05) is 12.1 Å². The molecule has 0 radical (unpaired) electrons. The van der Waals surface area contributed by atoms with E-state index in [1.54, 1.807) is 13.3 Å². The van der Waals surface area contributed by atoms with Gasteiger partial charge in [-0.05, 0) is 28.8 Å². The van der Waals surface area contributed by atoms with Gasteiger partial charge < -0.3 is 5.32 Å². The first-order chi connectivity index (χ1) is 7.93. The van der Waals surface area contributed by atoms with E-state index in [2.05, 4.69) is 48.7 Å². The van der Waals surface area contributed by atoms with Crippen LogP contribution >= 0.6 is 12.2 Å². The first kappa shape index (κ1) is 13.6. The van der Waals surface area contributed by atoms with Gasteiger partial charge in [0.15, 0.2) is 5.11 Å². The molecule has 2 N–H and O–H groups in total. The molecule has 0 saturated carbocycles. The third-order valence-corrected chi connectivity index (χ3v) is 2.68. The van der Waals surface area contributed by atoms with Gasteiger partial charge in [-0.15, -0.1) is 0 Å². The van der Waals surface area contributed by atoms with Crippen molar-refractivity contribution in [3.8, 4) is 0 Å². The van der Waals surface area contributed by atoms with Crippen LogP contribution in [0.2, 0.25) is 0 Å². The molecule has 1 aromatic rings. The lowest BCUT2D eigenvalue weighted by atomic mass is 9.87. The van der Waals surface area contributed by atoms with Gasteiger partial charge in [-0.2, -0.15) is 5.10 Å². The second-order valence-corrected chi connectivity index (χ2v) is 5.23. The van der Waals surface area contributed by atoms with Crippen LogP contribution in [0, 0.1) is 0 Å². The quantitative estimate of drug-likeness (QED) is 0.480. The van der Waals surface area contributed by atoms with E-state index in [4.69, 9.17) is 12.2 Å². The van der Waals surface area contributed by atoms with Crippen molar-refractivity contribution in [2.75, 3.05) is 7.05 Å². The molecule has 1 aromatic carbocycles. The van der Waals surface area contributed by atoms with E-state index in [1.165, 1.54) is 5.56 Å². The molecule has 0 unspecified atom stereocenters. The molecule has 0 aliphatic carbocycles. The zero-order valence-electron chi connectivity index (χ0n) is 10.7. The maximum atomic E-state index is 4.90. The fourth-order valence-corrected chi connectivity index (χ4v) is 1.34. The number of hydrogen-bond acceptors (Lipinski definition) is 2. The van der Waals surface area contributed by atoms with Crippen LogP contribution in [0.1, 0.15) is 31.9 Å². The summed E-state index contributed by atoms with van der Waals surface area (Å²) in [5.41, 5.74) is 5.26. The van der Waals surface area contributed by atoms with Crippen LogP contribution in [-0.4, -0.2) is 18.4 Å². The maximum Gasteiger partial charge on any atom is 0.186 e. The van der Waals surface area contributed by atoms with Gasteiger partial charge in [0.25, 0.3) is 0 Å². The van der Waals surface area contributed by atoms with E-state index in [-0.39, 0.29) is 5.41 Å². The van der Waals surface area contributed by atoms with E-state index in [9.17, 15) is 0 Å². The lowest BCUT2D eigenvalue weighted by molar-refractivity contribution is 0.590. The Labute approximate surface area is 108 Å². The van der Waals surface area contributed by atoms with E-state index in [0.717, 1.165) is 5.56 Å². The van der Waals surface area contributed by atoms with E-state index in [0.29, 0.717) is 5.11 Å². The monoisotopic (exact) mass is 249 g/mol. The highest BCUT2D eigenvalue weighted by atomic mass is 32.1. The van der Waals surface area contributed by atoms with Crippen molar-refractivity contribution in [3.05, 3.63) is 35.4 Å². The molecule has 0 atom stereocenters. The molecular weight excluding hydrogens is 230 g/mol. The summed E-state index contributed by atoms with van der Waals surface area (Å²) in [5, 5.41) is 7.32. The van der Waals surface area contributed by atoms with Crippen molar-refractivity contribution in [1.82, 2.24) is 10.7 Å². The first-order valence-electron chi connectivity index (χ1n) is 5.55. The summed E-state index contributed by atoms with van der Waals surface area (Å²) in [7, 11) is 1.75. The summed E-state index contributed by atoms with van der Waals surface area (Å²) in [6.45, 7) is 6.59. The minimum Gasteiger partial charge on any atom is -0.364 e. The zero-order valence-corrected chi connectivity index (χ0v) is 11.6. The predicted octanol–water partition coefficient (Wildman–Crippen LogP) is 2.41. The Morgan fingerprint density at radius 3 is 2.29 bits per heavy atom. The molecular formula is C13H19N3S. The molecule has 0 aliphatic rings. The zero-order chi connectivity index (χ0) is 12.9. The Hall–Kier alpha value is -1.42. The third kappa shape index (κ3) is 4.53. The lowest BCUT2D eigenvalue weighted by Crippen LogP contribution is -2.28. The van der Waals surface area contributed by atoms with Crippen LogP contribution in [0.3, 0.4) is 0 Å². The standard InChI is InChI=1S/C13H19N3S/c1-13(2,3)11-7-5-10(6-8-11)9-15-16-12(17)14-4/h5-9H,1-4H3,(H2,14,16,17). The summed E-state index contributed by atoms with van der Waals surface area (Å²) in [5.74, 6) is 0. The van der Waals surface area contributed by atoms with Crippen LogP contribution in [0.5, 0.6) is 0 Å². The molecule has 0 saturated heterocycles. The molecule has 0 heterocycles. The van der Waals surface area contributed by atoms with Crippen LogP contribution in [0.25, 0.3) is 0 Å². The van der Waals surface area contributed by atoms with Gasteiger partial charge in [0.1, 0.15) is 0 Å². The fraction of sp³-hybridized carbons (Fsp3) is 0.385. The number of thiocarbonyl (C=S) groups is 1. The van der Waals surface area contributed by atoms with Crippen LogP contribution < -0.4 is 10.7 Å². The minimum absolute atomic E-state index is 0.182. The smallest absolute Gasteiger partial charge is 0.186 e. The number of nitrogens with one attached hydrogen (secondary N) is 2. The van der Waals surface area contributed by atoms with Gasteiger partial charge in [-0.1, -0.05) is 45.0 Å². The lowest BCUT2D eigenvalue weighted by Gasteiger charge is -2.18. The molecule has 4 heteroatoms. The predicted molar refractivity (Wildman–Crippen MR) is 77.5 cm³/mol. The van der Waals surface area contributed by atoms with Gasteiger partial charge in [0.05, 0.1) is 6.21 Å². The summed E-state index contributed by atoms with van der Waals surface area (Å²) < 4.78 is 0. The van der Waals surface area contributed by atoms with Gasteiger partial charge in [-0.3, -0.25) is 5.43 Å². The molecule has 0 bridgehead atoms. The van der Waals surface area contributed by atoms with Crippen LogP contribution in [-0.2, 0) is 5.41 Å². The molecule has 0 spiro atoms. The summed E-state index contributed by atoms with van der Waals surface area (Å²) in [6.07, 6.45) is 1.75. The highest BCUT2D eigenvalue weighted by Crippen LogP contribution is 2.21. The highest BCUT2D eigenvalue weighted by Gasteiger charge is 2.12. The van der Waals surface area contributed by atoms with Gasteiger partial charge in [0, 0.05) is 7.05 Å². The summed E-state index contributed by atoms with van der Waals surface area (Å²) in [4.78, 5) is 0. The van der Waals surface area contributed by atoms with Crippen molar-refractivity contribution in [3.63, 3.8) is 0 Å². The number of hydrogen-bond donors (Lipinski definition) is 2. The molecule has 0 aromatic heterocycles. The summed E-state index contributed by atoms with van der Waals surface area (Å²) >= 11 is 4.90.